The van der Waals surface area contributed by atoms with Gasteiger partial charge in [0.25, 0.3) is 5.56 Å². The van der Waals surface area contributed by atoms with Crippen molar-refractivity contribution in [3.05, 3.63) is 72.1 Å². The van der Waals surface area contributed by atoms with Gasteiger partial charge in [-0.3, -0.25) is 9.36 Å². The highest BCUT2D eigenvalue weighted by Gasteiger charge is 2.16. The smallest absolute Gasteiger partial charge is 0.271 e. The Kier molecular flexibility index (Phi) is 3.90. The monoisotopic (exact) mass is 403 g/mol. The number of anilines is 1. The van der Waals surface area contributed by atoms with Crippen LogP contribution in [0.15, 0.2) is 55.1 Å². The fraction of sp³-hybridized carbons (Fsp3) is 0.176. The van der Waals surface area contributed by atoms with E-state index in [9.17, 15) is 4.79 Å². The third-order valence-corrected chi connectivity index (χ3v) is 5.38. The molecule has 3 aromatic rings. The highest BCUT2D eigenvalue weighted by Crippen LogP contribution is 2.19. The Labute approximate surface area is 150 Å². The van der Waals surface area contributed by atoms with Gasteiger partial charge in [0.05, 0.1) is 4.53 Å². The van der Waals surface area contributed by atoms with Gasteiger partial charge in [0.1, 0.15) is 24.9 Å². The molecule has 3 heterocycles. The first kappa shape index (κ1) is 15.4. The molecule has 24 heavy (non-hydrogen) atoms. The van der Waals surface area contributed by atoms with Crippen LogP contribution in [-0.2, 0) is 6.67 Å². The summed E-state index contributed by atoms with van der Waals surface area (Å²) in [6.07, 6.45) is 1.78. The minimum Gasteiger partial charge on any atom is -0.462 e. The number of aromatic nitrogens is 1. The van der Waals surface area contributed by atoms with Gasteiger partial charge < -0.3 is 9.32 Å². The molecular formula is C17H14BrN3O2S. The molecule has 0 amide bonds. The molecule has 0 aliphatic carbocycles. The standard InChI is InChI=1S/C17H14BrN3O2S/c1-11-2-7-14(23-11)8-15-16(22)21-10-20(9-19-17(21)24-15)13-5-3-12(18)4-6-13/h2-8H,9-10H2,1H3/b15-8+. The van der Waals surface area contributed by atoms with Crippen LogP contribution in [0.2, 0.25) is 0 Å². The van der Waals surface area contributed by atoms with Crippen molar-refractivity contribution >= 4 is 39.0 Å². The summed E-state index contributed by atoms with van der Waals surface area (Å²) in [5.74, 6) is 1.52. The fourth-order valence-electron chi connectivity index (χ4n) is 2.59. The van der Waals surface area contributed by atoms with Crippen LogP contribution in [0.4, 0.5) is 5.69 Å². The van der Waals surface area contributed by atoms with E-state index < -0.39 is 0 Å². The molecule has 122 valence electrons. The average Bonchev–Trinajstić information content (AvgIpc) is 3.12. The molecule has 1 aliphatic rings. The fourth-order valence-corrected chi connectivity index (χ4v) is 3.79. The summed E-state index contributed by atoms with van der Waals surface area (Å²) in [6.45, 7) is 2.93. The lowest BCUT2D eigenvalue weighted by Gasteiger charge is -2.25. The minimum atomic E-state index is -0.0328. The molecule has 5 nitrogen and oxygen atoms in total. The molecule has 0 spiro atoms. The molecule has 0 atom stereocenters. The van der Waals surface area contributed by atoms with Gasteiger partial charge in [0, 0.05) is 16.2 Å². The number of halogens is 1. The number of hydrogen-bond donors (Lipinski definition) is 0. The predicted molar refractivity (Wildman–Crippen MR) is 97.9 cm³/mol. The maximum atomic E-state index is 12.7. The lowest BCUT2D eigenvalue weighted by molar-refractivity contribution is 0.524. The Balaban J connectivity index is 1.71. The first-order valence-corrected chi connectivity index (χ1v) is 9.04. The normalized spacial score (nSPS) is 14.6. The van der Waals surface area contributed by atoms with Crippen LogP contribution in [0.3, 0.4) is 0 Å². The van der Waals surface area contributed by atoms with Crippen molar-refractivity contribution < 1.29 is 4.42 Å². The van der Waals surface area contributed by atoms with Crippen molar-refractivity contribution in [1.29, 1.82) is 0 Å². The van der Waals surface area contributed by atoms with Gasteiger partial charge in [0.15, 0.2) is 4.80 Å². The number of fused-ring (bicyclic) bond motifs is 1. The number of aryl methyl sites for hydroxylation is 1. The van der Waals surface area contributed by atoms with E-state index >= 15 is 0 Å². The molecule has 1 aromatic carbocycles. The SMILES string of the molecule is Cc1ccc(/C=c2/sc3n(c2=O)CN(c2ccc(Br)cc2)CN=3)o1. The molecule has 0 fully saturated rings. The largest absolute Gasteiger partial charge is 0.462 e. The van der Waals surface area contributed by atoms with Crippen molar-refractivity contribution in [2.24, 2.45) is 4.99 Å². The molecule has 2 aromatic heterocycles. The Morgan fingerprint density at radius 3 is 2.75 bits per heavy atom. The zero-order valence-electron chi connectivity index (χ0n) is 12.9. The summed E-state index contributed by atoms with van der Waals surface area (Å²) >= 11 is 4.83. The summed E-state index contributed by atoms with van der Waals surface area (Å²) in [4.78, 5) is 20.0. The Morgan fingerprint density at radius 2 is 2.04 bits per heavy atom. The highest BCUT2D eigenvalue weighted by atomic mass is 79.9. The zero-order valence-corrected chi connectivity index (χ0v) is 15.3. The third kappa shape index (κ3) is 2.85. The predicted octanol–water partition coefficient (Wildman–Crippen LogP) is 2.46. The molecule has 1 aliphatic heterocycles. The van der Waals surface area contributed by atoms with E-state index in [1.54, 1.807) is 10.6 Å². The van der Waals surface area contributed by atoms with Crippen molar-refractivity contribution in [2.45, 2.75) is 13.6 Å². The second-order valence-electron chi connectivity index (χ2n) is 5.53. The number of benzene rings is 1. The number of nitrogens with zero attached hydrogens (tertiary/aromatic N) is 3. The molecule has 0 saturated carbocycles. The first-order valence-electron chi connectivity index (χ1n) is 7.43. The summed E-state index contributed by atoms with van der Waals surface area (Å²) < 4.78 is 8.91. The van der Waals surface area contributed by atoms with Gasteiger partial charge in [0.2, 0.25) is 0 Å². The van der Waals surface area contributed by atoms with Crippen LogP contribution in [0.1, 0.15) is 11.5 Å². The topological polar surface area (TPSA) is 50.7 Å². The maximum absolute atomic E-state index is 12.7. The van der Waals surface area contributed by atoms with Gasteiger partial charge in [-0.25, -0.2) is 4.99 Å². The van der Waals surface area contributed by atoms with Crippen LogP contribution in [0.5, 0.6) is 0 Å². The van der Waals surface area contributed by atoms with E-state index in [0.29, 0.717) is 23.6 Å². The van der Waals surface area contributed by atoms with E-state index in [-0.39, 0.29) is 5.56 Å². The molecule has 0 radical (unpaired) electrons. The second kappa shape index (κ2) is 6.07. The number of rotatable bonds is 2. The highest BCUT2D eigenvalue weighted by molar-refractivity contribution is 9.10. The molecule has 0 unspecified atom stereocenters. The lowest BCUT2D eigenvalue weighted by Crippen LogP contribution is -2.42. The Bertz CT molecular complexity index is 1060. The van der Waals surface area contributed by atoms with Crippen LogP contribution in [-0.4, -0.2) is 11.2 Å². The molecule has 0 N–H and O–H groups in total. The quantitative estimate of drug-likeness (QED) is 0.660. The van der Waals surface area contributed by atoms with Crippen LogP contribution < -0.4 is 19.8 Å². The van der Waals surface area contributed by atoms with Gasteiger partial charge >= 0.3 is 0 Å². The van der Waals surface area contributed by atoms with Crippen molar-refractivity contribution in [2.75, 3.05) is 11.6 Å². The Hall–Kier alpha value is -2.12. The van der Waals surface area contributed by atoms with Gasteiger partial charge in [-0.2, -0.15) is 0 Å². The zero-order chi connectivity index (χ0) is 16.7. The van der Waals surface area contributed by atoms with E-state index in [1.165, 1.54) is 11.3 Å². The van der Waals surface area contributed by atoms with Gasteiger partial charge in [-0.1, -0.05) is 27.3 Å². The summed E-state index contributed by atoms with van der Waals surface area (Å²) in [5.41, 5.74) is 1.01. The molecular weight excluding hydrogens is 390 g/mol. The number of furan rings is 1. The van der Waals surface area contributed by atoms with E-state index in [4.69, 9.17) is 4.42 Å². The molecule has 0 saturated heterocycles. The third-order valence-electron chi connectivity index (χ3n) is 3.80. The molecule has 0 bridgehead atoms. The van der Waals surface area contributed by atoms with E-state index in [0.717, 1.165) is 20.7 Å². The van der Waals surface area contributed by atoms with Crippen LogP contribution in [0.25, 0.3) is 6.08 Å². The van der Waals surface area contributed by atoms with Gasteiger partial charge in [-0.05, 0) is 43.3 Å². The van der Waals surface area contributed by atoms with Crippen molar-refractivity contribution in [3.8, 4) is 0 Å². The first-order chi connectivity index (χ1) is 11.6. The van der Waals surface area contributed by atoms with Crippen molar-refractivity contribution in [1.82, 2.24) is 4.57 Å². The summed E-state index contributed by atoms with van der Waals surface area (Å²) in [6, 6.07) is 11.8. The number of thiazole rings is 1. The van der Waals surface area contributed by atoms with Crippen LogP contribution in [0, 0.1) is 6.92 Å². The molecule has 4 rings (SSSR count). The molecule has 7 heteroatoms. The average molecular weight is 404 g/mol. The minimum absolute atomic E-state index is 0.0328. The summed E-state index contributed by atoms with van der Waals surface area (Å²) in [5, 5.41) is 0. The van der Waals surface area contributed by atoms with E-state index in [1.807, 2.05) is 43.3 Å². The van der Waals surface area contributed by atoms with Gasteiger partial charge in [-0.15, -0.1) is 0 Å². The lowest BCUT2D eigenvalue weighted by atomic mass is 10.3. The number of hydrogen-bond acceptors (Lipinski definition) is 5. The maximum Gasteiger partial charge on any atom is 0.271 e. The van der Waals surface area contributed by atoms with E-state index in [2.05, 4.69) is 25.8 Å². The Morgan fingerprint density at radius 1 is 1.25 bits per heavy atom. The second-order valence-corrected chi connectivity index (χ2v) is 7.46. The summed E-state index contributed by atoms with van der Waals surface area (Å²) in [7, 11) is 0. The van der Waals surface area contributed by atoms with Crippen molar-refractivity contribution in [3.63, 3.8) is 0 Å². The van der Waals surface area contributed by atoms with Crippen LogP contribution >= 0.6 is 27.3 Å².